The Morgan fingerprint density at radius 3 is 2.74 bits per heavy atom. The Morgan fingerprint density at radius 2 is 1.96 bits per heavy atom. The molecule has 0 aliphatic rings. The van der Waals surface area contributed by atoms with Crippen molar-refractivity contribution < 1.29 is 4.79 Å². The molecule has 0 fully saturated rings. The molecule has 0 radical (unpaired) electrons. The summed E-state index contributed by atoms with van der Waals surface area (Å²) in [4.78, 5) is 15.1. The minimum Gasteiger partial charge on any atom is -0.360 e. The topological polar surface area (TPSA) is 63.6 Å². The molecule has 27 heavy (non-hydrogen) atoms. The van der Waals surface area contributed by atoms with Crippen molar-refractivity contribution in [1.29, 1.82) is 0 Å². The van der Waals surface area contributed by atoms with E-state index in [1.54, 1.807) is 6.92 Å². The first kappa shape index (κ1) is 17.5. The van der Waals surface area contributed by atoms with Gasteiger partial charge in [-0.05, 0) is 44.5 Å². The van der Waals surface area contributed by atoms with Crippen molar-refractivity contribution in [3.63, 3.8) is 0 Å². The number of hydrogen-bond donors (Lipinski definition) is 1. The molecule has 1 atom stereocenters. The number of aromatic nitrogens is 4. The van der Waals surface area contributed by atoms with Crippen LogP contribution in [0.5, 0.6) is 0 Å². The molecule has 4 aromatic rings. The van der Waals surface area contributed by atoms with Crippen LogP contribution in [0.25, 0.3) is 28.0 Å². The zero-order valence-electron chi connectivity index (χ0n) is 15.4. The van der Waals surface area contributed by atoms with Gasteiger partial charge in [0.1, 0.15) is 5.78 Å². The van der Waals surface area contributed by atoms with E-state index >= 15 is 0 Å². The lowest BCUT2D eigenvalue weighted by atomic mass is 10.1. The number of carbonyl (C=O) groups excluding carboxylic acids is 1. The molecule has 1 N–H and O–H groups in total. The van der Waals surface area contributed by atoms with Crippen molar-refractivity contribution in [2.75, 3.05) is 0 Å². The third-order valence-corrected chi connectivity index (χ3v) is 5.74. The molecular formula is C21H20N4OS. The number of nitrogens with zero attached hydrogens (tertiary/aromatic N) is 3. The molecule has 0 aliphatic heterocycles. The zero-order valence-corrected chi connectivity index (χ0v) is 16.2. The Bertz CT molecular complexity index is 1130. The van der Waals surface area contributed by atoms with E-state index in [1.165, 1.54) is 11.8 Å². The smallest absolute Gasteiger partial charge is 0.196 e. The van der Waals surface area contributed by atoms with E-state index in [-0.39, 0.29) is 11.0 Å². The summed E-state index contributed by atoms with van der Waals surface area (Å²) in [6.45, 7) is 5.56. The third-order valence-electron chi connectivity index (χ3n) is 4.58. The van der Waals surface area contributed by atoms with Crippen LogP contribution in [0.15, 0.2) is 59.9 Å². The molecule has 0 bridgehead atoms. The number of para-hydroxylation sites is 1. The van der Waals surface area contributed by atoms with Crippen molar-refractivity contribution in [3.05, 3.63) is 60.3 Å². The first-order chi connectivity index (χ1) is 13.0. The highest BCUT2D eigenvalue weighted by molar-refractivity contribution is 8.00. The predicted octanol–water partition coefficient (Wildman–Crippen LogP) is 4.79. The molecule has 4 rings (SSSR count). The normalized spacial score (nSPS) is 12.4. The van der Waals surface area contributed by atoms with Gasteiger partial charge in [0, 0.05) is 28.4 Å². The Labute approximate surface area is 161 Å². The first-order valence-corrected chi connectivity index (χ1v) is 9.68. The molecule has 5 nitrogen and oxygen atoms in total. The molecule has 136 valence electrons. The third kappa shape index (κ3) is 3.28. The average molecular weight is 376 g/mol. The van der Waals surface area contributed by atoms with Gasteiger partial charge in [-0.15, -0.1) is 10.2 Å². The van der Waals surface area contributed by atoms with Crippen molar-refractivity contribution >= 4 is 28.4 Å². The number of ketones is 1. The van der Waals surface area contributed by atoms with E-state index in [9.17, 15) is 4.79 Å². The molecule has 2 heterocycles. The van der Waals surface area contributed by atoms with Crippen LogP contribution in [-0.4, -0.2) is 30.8 Å². The van der Waals surface area contributed by atoms with Crippen LogP contribution >= 0.6 is 11.8 Å². The molecule has 0 amide bonds. The Balaban J connectivity index is 1.92. The maximum absolute atomic E-state index is 11.8. The molecular weight excluding hydrogens is 356 g/mol. The summed E-state index contributed by atoms with van der Waals surface area (Å²) in [5.41, 5.74) is 4.18. The quantitative estimate of drug-likeness (QED) is 0.509. The maximum atomic E-state index is 11.8. The Kier molecular flexibility index (Phi) is 4.58. The largest absolute Gasteiger partial charge is 0.360 e. The van der Waals surface area contributed by atoms with E-state index in [0.717, 1.165) is 33.5 Å². The number of thioether (sulfide) groups is 1. The van der Waals surface area contributed by atoms with Crippen LogP contribution in [0.3, 0.4) is 0 Å². The van der Waals surface area contributed by atoms with Crippen LogP contribution in [0.1, 0.15) is 19.4 Å². The van der Waals surface area contributed by atoms with Crippen LogP contribution < -0.4 is 0 Å². The summed E-state index contributed by atoms with van der Waals surface area (Å²) in [6, 6.07) is 16.4. The minimum absolute atomic E-state index is 0.118. The fraction of sp³-hybridized carbons (Fsp3) is 0.190. The van der Waals surface area contributed by atoms with Crippen LogP contribution in [0.4, 0.5) is 0 Å². The van der Waals surface area contributed by atoms with Gasteiger partial charge < -0.3 is 4.98 Å². The van der Waals surface area contributed by atoms with Gasteiger partial charge in [-0.1, -0.05) is 42.1 Å². The molecule has 2 aromatic heterocycles. The SMILES string of the molecule is CC(=O)C(C)Sc1nnc(-c2c[nH]c3ccccc23)n1-c1cccc(C)c1. The Morgan fingerprint density at radius 1 is 1.15 bits per heavy atom. The number of H-pyrrole nitrogens is 1. The maximum Gasteiger partial charge on any atom is 0.196 e. The number of hydrogen-bond acceptors (Lipinski definition) is 4. The zero-order chi connectivity index (χ0) is 19.0. The molecule has 2 aromatic carbocycles. The van der Waals surface area contributed by atoms with E-state index in [0.29, 0.717) is 5.16 Å². The summed E-state index contributed by atoms with van der Waals surface area (Å²) in [5.74, 6) is 0.878. The van der Waals surface area contributed by atoms with Crippen LogP contribution in [0.2, 0.25) is 0 Å². The molecule has 0 saturated carbocycles. The number of fused-ring (bicyclic) bond motifs is 1. The average Bonchev–Trinajstić information content (AvgIpc) is 3.25. The number of Topliss-reactive ketones (excluding diaryl/α,β-unsaturated/α-hetero) is 1. The molecule has 1 unspecified atom stereocenters. The van der Waals surface area contributed by atoms with Gasteiger partial charge in [-0.2, -0.15) is 0 Å². The van der Waals surface area contributed by atoms with Gasteiger partial charge in [0.15, 0.2) is 11.0 Å². The van der Waals surface area contributed by atoms with Gasteiger partial charge in [0.25, 0.3) is 0 Å². The van der Waals surface area contributed by atoms with Gasteiger partial charge in [0.2, 0.25) is 0 Å². The fourth-order valence-electron chi connectivity index (χ4n) is 3.02. The summed E-state index contributed by atoms with van der Waals surface area (Å²) < 4.78 is 2.03. The lowest BCUT2D eigenvalue weighted by Crippen LogP contribution is -2.10. The summed E-state index contributed by atoms with van der Waals surface area (Å²) in [5, 5.41) is 10.5. The summed E-state index contributed by atoms with van der Waals surface area (Å²) in [6.07, 6.45) is 1.96. The molecule has 0 aliphatic carbocycles. The van der Waals surface area contributed by atoms with E-state index < -0.39 is 0 Å². The van der Waals surface area contributed by atoms with Crippen LogP contribution in [-0.2, 0) is 4.79 Å². The van der Waals surface area contributed by atoms with Crippen molar-refractivity contribution in [2.24, 2.45) is 0 Å². The second-order valence-electron chi connectivity index (χ2n) is 6.60. The molecule has 0 saturated heterocycles. The number of nitrogens with one attached hydrogen (secondary N) is 1. The van der Waals surface area contributed by atoms with Crippen molar-refractivity contribution in [1.82, 2.24) is 19.7 Å². The van der Waals surface area contributed by atoms with E-state index in [4.69, 9.17) is 0 Å². The number of rotatable bonds is 5. The minimum atomic E-state index is -0.187. The Hall–Kier alpha value is -2.86. The number of aromatic amines is 1. The van der Waals surface area contributed by atoms with Gasteiger partial charge in [0.05, 0.1) is 5.25 Å². The first-order valence-electron chi connectivity index (χ1n) is 8.80. The summed E-state index contributed by atoms with van der Waals surface area (Å²) >= 11 is 1.43. The van der Waals surface area contributed by atoms with Crippen LogP contribution in [0, 0.1) is 6.92 Å². The highest BCUT2D eigenvalue weighted by Gasteiger charge is 2.21. The van der Waals surface area contributed by atoms with Gasteiger partial charge in [-0.25, -0.2) is 0 Å². The summed E-state index contributed by atoms with van der Waals surface area (Å²) in [7, 11) is 0. The lowest BCUT2D eigenvalue weighted by Gasteiger charge is -2.12. The van der Waals surface area contributed by atoms with Crippen molar-refractivity contribution in [3.8, 4) is 17.1 Å². The fourth-order valence-corrected chi connectivity index (χ4v) is 3.89. The van der Waals surface area contributed by atoms with E-state index in [1.807, 2.05) is 48.0 Å². The standard InChI is InChI=1S/C21H20N4OS/c1-13-7-6-8-16(11-13)25-20(23-24-21(25)27-15(3)14(2)26)18-12-22-19-10-5-4-9-17(18)19/h4-12,15,22H,1-3H3. The van der Waals surface area contributed by atoms with Gasteiger partial charge in [-0.3, -0.25) is 9.36 Å². The molecule has 6 heteroatoms. The van der Waals surface area contributed by atoms with E-state index in [2.05, 4.69) is 40.3 Å². The highest BCUT2D eigenvalue weighted by atomic mass is 32.2. The monoisotopic (exact) mass is 376 g/mol. The molecule has 0 spiro atoms. The number of aryl methyl sites for hydroxylation is 1. The number of benzene rings is 2. The highest BCUT2D eigenvalue weighted by Crippen LogP contribution is 2.33. The predicted molar refractivity (Wildman–Crippen MR) is 109 cm³/mol. The second-order valence-corrected chi connectivity index (χ2v) is 7.91. The second kappa shape index (κ2) is 7.04. The van der Waals surface area contributed by atoms with Crippen molar-refractivity contribution in [2.45, 2.75) is 31.2 Å². The van der Waals surface area contributed by atoms with Gasteiger partial charge >= 0.3 is 0 Å². The lowest BCUT2D eigenvalue weighted by molar-refractivity contribution is -0.116. The number of carbonyl (C=O) groups is 1.